The van der Waals surface area contributed by atoms with Crippen LogP contribution < -0.4 is 23.7 Å². The molecule has 0 unspecified atom stereocenters. The molecule has 0 aliphatic rings. The van der Waals surface area contributed by atoms with E-state index in [1.54, 1.807) is 20.1 Å². The monoisotopic (exact) mass is 362 g/mol. The van der Waals surface area contributed by atoms with Gasteiger partial charge in [0, 0.05) is 11.8 Å². The molecule has 0 saturated carbocycles. The van der Waals surface area contributed by atoms with Crippen LogP contribution >= 0.6 is 0 Å². The Morgan fingerprint density at radius 1 is 0.923 bits per heavy atom. The third kappa shape index (κ3) is 3.79. The Balaban J connectivity index is 2.82. The zero-order valence-corrected chi connectivity index (χ0v) is 16.0. The average Bonchev–Trinajstić information content (AvgIpc) is 2.67. The van der Waals surface area contributed by atoms with Crippen molar-refractivity contribution in [3.63, 3.8) is 0 Å². The smallest absolute Gasteiger partial charge is 0.311 e. The van der Waals surface area contributed by atoms with E-state index in [9.17, 15) is 4.79 Å². The van der Waals surface area contributed by atoms with Crippen LogP contribution in [0.15, 0.2) is 18.2 Å². The topological polar surface area (TPSA) is 63.2 Å². The Morgan fingerprint density at radius 2 is 1.62 bits per heavy atom. The first-order chi connectivity index (χ1) is 12.6. The van der Waals surface area contributed by atoms with Gasteiger partial charge in [0.1, 0.15) is 5.75 Å². The Labute approximate surface area is 153 Å². The van der Waals surface area contributed by atoms with E-state index >= 15 is 0 Å². The summed E-state index contributed by atoms with van der Waals surface area (Å²) in [7, 11) is 4.59. The van der Waals surface area contributed by atoms with Crippen molar-refractivity contribution < 1.29 is 28.5 Å². The molecule has 0 aliphatic heterocycles. The minimum absolute atomic E-state index is 0.233. The number of hydrogen-bond donors (Lipinski definition) is 0. The zero-order chi connectivity index (χ0) is 19.1. The zero-order valence-electron chi connectivity index (χ0n) is 16.0. The van der Waals surface area contributed by atoms with Crippen LogP contribution in [0.5, 0.6) is 28.7 Å². The molecule has 2 aromatic rings. The second-order valence-electron chi connectivity index (χ2n) is 5.64. The Hall–Kier alpha value is -2.63. The molecule has 0 radical (unpaired) electrons. The summed E-state index contributed by atoms with van der Waals surface area (Å²) in [5, 5.41) is 1.35. The van der Waals surface area contributed by atoms with Gasteiger partial charge in [-0.2, -0.15) is 0 Å². The summed E-state index contributed by atoms with van der Waals surface area (Å²) in [5.74, 6) is 1.69. The Kier molecular flexibility index (Phi) is 6.95. The molecule has 0 amide bonds. The van der Waals surface area contributed by atoms with Crippen molar-refractivity contribution >= 4 is 16.7 Å². The highest BCUT2D eigenvalue weighted by Gasteiger charge is 2.27. The second-order valence-corrected chi connectivity index (χ2v) is 5.64. The summed E-state index contributed by atoms with van der Waals surface area (Å²) in [6, 6.07) is 5.53. The fourth-order valence-corrected chi connectivity index (χ4v) is 2.68. The number of ether oxygens (including phenoxy) is 5. The van der Waals surface area contributed by atoms with Crippen molar-refractivity contribution in [2.45, 2.75) is 33.1 Å². The van der Waals surface area contributed by atoms with E-state index in [0.29, 0.717) is 35.0 Å². The summed E-state index contributed by atoms with van der Waals surface area (Å²) in [6.45, 7) is 4.36. The van der Waals surface area contributed by atoms with Crippen molar-refractivity contribution in [2.75, 3.05) is 27.9 Å². The molecule has 0 heterocycles. The lowest BCUT2D eigenvalue weighted by atomic mass is 10.1. The summed E-state index contributed by atoms with van der Waals surface area (Å²) < 4.78 is 28.2. The van der Waals surface area contributed by atoms with Crippen molar-refractivity contribution in [3.05, 3.63) is 18.2 Å². The summed E-state index contributed by atoms with van der Waals surface area (Å²) >= 11 is 0. The Morgan fingerprint density at radius 3 is 2.19 bits per heavy atom. The number of unbranched alkanes of at least 4 members (excludes halogenated alkanes) is 1. The second kappa shape index (κ2) is 9.17. The molecule has 0 atom stereocenters. The molecule has 6 nitrogen and oxygen atoms in total. The van der Waals surface area contributed by atoms with E-state index in [4.69, 9.17) is 23.7 Å². The van der Waals surface area contributed by atoms with E-state index in [2.05, 4.69) is 6.92 Å². The fourth-order valence-electron chi connectivity index (χ4n) is 2.68. The van der Waals surface area contributed by atoms with E-state index < -0.39 is 0 Å². The van der Waals surface area contributed by atoms with Crippen LogP contribution in [0, 0.1) is 0 Å². The molecule has 0 spiro atoms. The molecule has 142 valence electrons. The number of carbonyl (C=O) groups excluding carboxylic acids is 1. The van der Waals surface area contributed by atoms with Crippen molar-refractivity contribution in [1.29, 1.82) is 0 Å². The first-order valence-corrected chi connectivity index (χ1v) is 8.70. The molecule has 0 saturated heterocycles. The van der Waals surface area contributed by atoms with E-state index in [-0.39, 0.29) is 18.1 Å². The maximum Gasteiger partial charge on any atom is 0.311 e. The van der Waals surface area contributed by atoms with Gasteiger partial charge in [-0.1, -0.05) is 32.4 Å². The Bertz CT molecular complexity index is 769. The van der Waals surface area contributed by atoms with Gasteiger partial charge in [-0.15, -0.1) is 0 Å². The molecule has 2 rings (SSSR count). The lowest BCUT2D eigenvalue weighted by Gasteiger charge is -2.21. The van der Waals surface area contributed by atoms with Crippen LogP contribution in [0.4, 0.5) is 0 Å². The molecule has 0 bridgehead atoms. The summed E-state index contributed by atoms with van der Waals surface area (Å²) in [6.07, 6.45) is 2.15. The first kappa shape index (κ1) is 19.7. The lowest BCUT2D eigenvalue weighted by Crippen LogP contribution is -2.09. The number of methoxy groups -OCH3 is 3. The van der Waals surface area contributed by atoms with Crippen molar-refractivity contribution in [1.82, 2.24) is 0 Å². The third-order valence-electron chi connectivity index (χ3n) is 3.99. The van der Waals surface area contributed by atoms with E-state index in [1.807, 2.05) is 12.1 Å². The highest BCUT2D eigenvalue weighted by molar-refractivity contribution is 6.03. The normalized spacial score (nSPS) is 10.5. The van der Waals surface area contributed by atoms with Gasteiger partial charge in [-0.25, -0.2) is 0 Å². The molecule has 0 N–H and O–H groups in total. The quantitative estimate of drug-likeness (QED) is 0.375. The molecule has 6 heteroatoms. The highest BCUT2D eigenvalue weighted by atomic mass is 16.6. The minimum atomic E-state index is -0.378. The minimum Gasteiger partial charge on any atom is -0.496 e. The van der Waals surface area contributed by atoms with Crippen LogP contribution in [0.2, 0.25) is 0 Å². The largest absolute Gasteiger partial charge is 0.496 e. The van der Waals surface area contributed by atoms with Gasteiger partial charge >= 0.3 is 5.97 Å². The number of fused-ring (bicyclic) bond motifs is 1. The molecular weight excluding hydrogens is 336 g/mol. The number of carbonyl (C=O) groups is 1. The molecule has 0 aromatic heterocycles. The van der Waals surface area contributed by atoms with Gasteiger partial charge in [0.15, 0.2) is 11.5 Å². The number of esters is 1. The van der Waals surface area contributed by atoms with Gasteiger partial charge in [-0.05, 0) is 12.5 Å². The van der Waals surface area contributed by atoms with Crippen LogP contribution in [0.3, 0.4) is 0 Å². The maximum atomic E-state index is 12.0. The summed E-state index contributed by atoms with van der Waals surface area (Å²) in [4.78, 5) is 12.0. The van der Waals surface area contributed by atoms with Crippen LogP contribution in [0.25, 0.3) is 10.8 Å². The van der Waals surface area contributed by atoms with Gasteiger partial charge in [0.2, 0.25) is 11.5 Å². The van der Waals surface area contributed by atoms with Crippen LogP contribution in [-0.2, 0) is 4.79 Å². The van der Waals surface area contributed by atoms with Crippen molar-refractivity contribution in [2.24, 2.45) is 0 Å². The first-order valence-electron chi connectivity index (χ1n) is 8.70. The number of rotatable bonds is 9. The number of benzene rings is 2. The fraction of sp³-hybridized carbons (Fsp3) is 0.450. The van der Waals surface area contributed by atoms with Gasteiger partial charge in [0.25, 0.3) is 0 Å². The average molecular weight is 362 g/mol. The van der Waals surface area contributed by atoms with Gasteiger partial charge < -0.3 is 23.7 Å². The number of hydrogen-bond acceptors (Lipinski definition) is 6. The van der Waals surface area contributed by atoms with E-state index in [0.717, 1.165) is 18.2 Å². The van der Waals surface area contributed by atoms with Crippen LogP contribution in [-0.4, -0.2) is 33.9 Å². The highest BCUT2D eigenvalue weighted by Crippen LogP contribution is 2.53. The predicted octanol–water partition coefficient (Wildman–Crippen LogP) is 4.36. The maximum absolute atomic E-state index is 12.0. The molecular formula is C20H26O6. The molecule has 0 aliphatic carbocycles. The van der Waals surface area contributed by atoms with Gasteiger partial charge in [0.05, 0.1) is 33.3 Å². The van der Waals surface area contributed by atoms with Crippen molar-refractivity contribution in [3.8, 4) is 28.7 Å². The SMILES string of the molecule is CCCCOc1c(OC)c(OC)c(OC(=O)CC)c2c(OC)cccc12. The van der Waals surface area contributed by atoms with E-state index in [1.165, 1.54) is 14.2 Å². The molecule has 26 heavy (non-hydrogen) atoms. The van der Waals surface area contributed by atoms with Gasteiger partial charge in [-0.3, -0.25) is 4.79 Å². The molecule has 0 fully saturated rings. The standard InChI is InChI=1S/C20H26O6/c1-6-8-12-25-17-13-10-9-11-14(22-3)16(13)18(26-15(21)7-2)20(24-5)19(17)23-4/h9-11H,6-8,12H2,1-5H3. The molecule has 2 aromatic carbocycles. The summed E-state index contributed by atoms with van der Waals surface area (Å²) in [5.41, 5.74) is 0. The lowest BCUT2D eigenvalue weighted by molar-refractivity contribution is -0.134. The predicted molar refractivity (Wildman–Crippen MR) is 99.9 cm³/mol. The third-order valence-corrected chi connectivity index (χ3v) is 3.99. The van der Waals surface area contributed by atoms with Crippen LogP contribution in [0.1, 0.15) is 33.1 Å².